The zero-order chi connectivity index (χ0) is 10.6. The van der Waals surface area contributed by atoms with Crippen LogP contribution in [0.1, 0.15) is 10.4 Å². The standard InChI is InChI=1S/C10H7ClO3/c11-10(14)6-5-9(13)7-1-3-8(12)4-2-7/h1-6,12H/b6-5+. The maximum atomic E-state index is 11.3. The van der Waals surface area contributed by atoms with Crippen LogP contribution in [0, 0.1) is 0 Å². The molecule has 3 nitrogen and oxygen atoms in total. The van der Waals surface area contributed by atoms with E-state index < -0.39 is 5.24 Å². The average Bonchev–Trinajstić information content (AvgIpc) is 2.15. The van der Waals surface area contributed by atoms with Crippen LogP contribution in [-0.2, 0) is 4.79 Å². The van der Waals surface area contributed by atoms with E-state index >= 15 is 0 Å². The summed E-state index contributed by atoms with van der Waals surface area (Å²) in [7, 11) is 0. The molecule has 0 heterocycles. The summed E-state index contributed by atoms with van der Waals surface area (Å²) in [6, 6.07) is 5.70. The first-order chi connectivity index (χ1) is 6.59. The molecular weight excluding hydrogens is 204 g/mol. The summed E-state index contributed by atoms with van der Waals surface area (Å²) in [5.74, 6) is -0.252. The summed E-state index contributed by atoms with van der Waals surface area (Å²) in [6.07, 6.45) is 2.07. The van der Waals surface area contributed by atoms with Crippen LogP contribution in [0.15, 0.2) is 36.4 Å². The van der Waals surface area contributed by atoms with Crippen LogP contribution in [0.2, 0.25) is 0 Å². The number of hydrogen-bond acceptors (Lipinski definition) is 3. The lowest BCUT2D eigenvalue weighted by Crippen LogP contribution is -1.94. The molecule has 0 aliphatic carbocycles. The predicted octanol–water partition coefficient (Wildman–Crippen LogP) is 1.90. The Morgan fingerprint density at radius 2 is 1.71 bits per heavy atom. The van der Waals surface area contributed by atoms with Crippen molar-refractivity contribution in [3.05, 3.63) is 42.0 Å². The molecule has 0 aromatic heterocycles. The number of hydrogen-bond donors (Lipinski definition) is 1. The van der Waals surface area contributed by atoms with Crippen molar-refractivity contribution in [2.24, 2.45) is 0 Å². The predicted molar refractivity (Wildman–Crippen MR) is 52.4 cm³/mol. The largest absolute Gasteiger partial charge is 0.508 e. The van der Waals surface area contributed by atoms with E-state index in [1.165, 1.54) is 24.3 Å². The second-order valence-corrected chi connectivity index (χ2v) is 2.92. The first-order valence-corrected chi connectivity index (χ1v) is 4.18. The second-order valence-electron chi connectivity index (χ2n) is 2.55. The van der Waals surface area contributed by atoms with Crippen molar-refractivity contribution >= 4 is 22.6 Å². The molecule has 0 fully saturated rings. The molecule has 72 valence electrons. The highest BCUT2D eigenvalue weighted by Crippen LogP contribution is 2.10. The lowest BCUT2D eigenvalue weighted by atomic mass is 10.1. The van der Waals surface area contributed by atoms with Crippen LogP contribution < -0.4 is 0 Å². The monoisotopic (exact) mass is 210 g/mol. The van der Waals surface area contributed by atoms with Gasteiger partial charge in [-0.3, -0.25) is 9.59 Å². The molecule has 0 bridgehead atoms. The van der Waals surface area contributed by atoms with Crippen LogP contribution in [-0.4, -0.2) is 16.1 Å². The van der Waals surface area contributed by atoms with Gasteiger partial charge in [0.15, 0.2) is 5.78 Å². The lowest BCUT2D eigenvalue weighted by molar-refractivity contribution is -0.107. The number of ketones is 1. The molecule has 0 aliphatic heterocycles. The van der Waals surface area contributed by atoms with Gasteiger partial charge in [-0.05, 0) is 41.9 Å². The highest BCUT2D eigenvalue weighted by Gasteiger charge is 2.01. The van der Waals surface area contributed by atoms with Gasteiger partial charge in [0.2, 0.25) is 5.24 Å². The van der Waals surface area contributed by atoms with Crippen LogP contribution in [0.3, 0.4) is 0 Å². The normalized spacial score (nSPS) is 10.4. The maximum absolute atomic E-state index is 11.3. The Hall–Kier alpha value is -1.61. The smallest absolute Gasteiger partial charge is 0.245 e. The molecule has 0 atom stereocenters. The van der Waals surface area contributed by atoms with Crippen molar-refractivity contribution in [3.8, 4) is 5.75 Å². The van der Waals surface area contributed by atoms with Crippen LogP contribution in [0.5, 0.6) is 5.75 Å². The molecule has 0 spiro atoms. The molecule has 0 aliphatic rings. The van der Waals surface area contributed by atoms with Crippen molar-refractivity contribution in [1.29, 1.82) is 0 Å². The average molecular weight is 211 g/mol. The van der Waals surface area contributed by atoms with E-state index in [-0.39, 0.29) is 11.5 Å². The number of aromatic hydroxyl groups is 1. The minimum Gasteiger partial charge on any atom is -0.508 e. The third kappa shape index (κ3) is 3.03. The molecule has 0 amide bonds. The Kier molecular flexibility index (Phi) is 3.42. The lowest BCUT2D eigenvalue weighted by Gasteiger charge is -1.94. The summed E-state index contributed by atoms with van der Waals surface area (Å²) >= 11 is 5.02. The van der Waals surface area contributed by atoms with Crippen molar-refractivity contribution in [1.82, 2.24) is 0 Å². The number of allylic oxidation sites excluding steroid dienone is 2. The van der Waals surface area contributed by atoms with E-state index in [1.807, 2.05) is 0 Å². The van der Waals surface area contributed by atoms with E-state index in [2.05, 4.69) is 0 Å². The van der Waals surface area contributed by atoms with Crippen molar-refractivity contribution in [2.45, 2.75) is 0 Å². The van der Waals surface area contributed by atoms with Crippen LogP contribution in [0.4, 0.5) is 0 Å². The number of phenolic OH excluding ortho intramolecular Hbond substituents is 1. The summed E-state index contributed by atoms with van der Waals surface area (Å²) in [4.78, 5) is 21.6. The van der Waals surface area contributed by atoms with E-state index in [0.717, 1.165) is 12.2 Å². The fourth-order valence-electron chi connectivity index (χ4n) is 0.863. The molecule has 1 N–H and O–H groups in total. The van der Waals surface area contributed by atoms with Crippen molar-refractivity contribution in [3.63, 3.8) is 0 Å². The number of phenols is 1. The SMILES string of the molecule is O=C(Cl)/C=C/C(=O)c1ccc(O)cc1. The van der Waals surface area contributed by atoms with Gasteiger partial charge < -0.3 is 5.11 Å². The van der Waals surface area contributed by atoms with Gasteiger partial charge in [0.25, 0.3) is 0 Å². The van der Waals surface area contributed by atoms with Crippen LogP contribution >= 0.6 is 11.6 Å². The van der Waals surface area contributed by atoms with Gasteiger partial charge in [-0.15, -0.1) is 0 Å². The van der Waals surface area contributed by atoms with E-state index in [1.54, 1.807) is 0 Å². The van der Waals surface area contributed by atoms with Crippen molar-refractivity contribution in [2.75, 3.05) is 0 Å². The molecule has 1 aromatic rings. The second kappa shape index (κ2) is 4.58. The molecular formula is C10H7ClO3. The van der Waals surface area contributed by atoms with E-state index in [4.69, 9.17) is 16.7 Å². The molecule has 1 rings (SSSR count). The summed E-state index contributed by atoms with van der Waals surface area (Å²) in [5.41, 5.74) is 0.386. The van der Waals surface area contributed by atoms with Crippen LogP contribution in [0.25, 0.3) is 0 Å². The maximum Gasteiger partial charge on any atom is 0.245 e. The van der Waals surface area contributed by atoms with E-state index in [0.29, 0.717) is 5.56 Å². The van der Waals surface area contributed by atoms with Gasteiger partial charge in [-0.25, -0.2) is 0 Å². The summed E-state index contributed by atoms with van der Waals surface area (Å²) < 4.78 is 0. The Bertz CT molecular complexity index is 379. The van der Waals surface area contributed by atoms with Gasteiger partial charge in [-0.1, -0.05) is 0 Å². The zero-order valence-electron chi connectivity index (χ0n) is 7.11. The number of benzene rings is 1. The van der Waals surface area contributed by atoms with Gasteiger partial charge in [0.05, 0.1) is 0 Å². The highest BCUT2D eigenvalue weighted by atomic mass is 35.5. The zero-order valence-corrected chi connectivity index (χ0v) is 7.86. The van der Waals surface area contributed by atoms with Gasteiger partial charge in [0.1, 0.15) is 5.75 Å². The molecule has 14 heavy (non-hydrogen) atoms. The van der Waals surface area contributed by atoms with Gasteiger partial charge >= 0.3 is 0 Å². The Balaban J connectivity index is 2.80. The minimum atomic E-state index is -0.697. The molecule has 0 saturated carbocycles. The number of carbonyl (C=O) groups excluding carboxylic acids is 2. The summed E-state index contributed by atoms with van der Waals surface area (Å²) in [5, 5.41) is 8.25. The number of carbonyl (C=O) groups is 2. The Morgan fingerprint density at radius 1 is 1.14 bits per heavy atom. The Labute approximate surface area is 85.6 Å². The van der Waals surface area contributed by atoms with E-state index in [9.17, 15) is 9.59 Å². The fraction of sp³-hybridized carbons (Fsp3) is 0. The molecule has 0 saturated heterocycles. The first kappa shape index (κ1) is 10.5. The topological polar surface area (TPSA) is 54.4 Å². The molecule has 0 radical (unpaired) electrons. The van der Waals surface area contributed by atoms with Gasteiger partial charge in [-0.2, -0.15) is 0 Å². The van der Waals surface area contributed by atoms with Crippen molar-refractivity contribution < 1.29 is 14.7 Å². The fourth-order valence-corrected chi connectivity index (χ4v) is 0.926. The quantitative estimate of drug-likeness (QED) is 0.471. The van der Waals surface area contributed by atoms with Gasteiger partial charge in [0, 0.05) is 11.6 Å². The number of halogens is 1. The molecule has 0 unspecified atom stereocenters. The highest BCUT2D eigenvalue weighted by molar-refractivity contribution is 6.66. The molecule has 4 heteroatoms. The number of rotatable bonds is 3. The summed E-state index contributed by atoms with van der Waals surface area (Å²) in [6.45, 7) is 0. The third-order valence-electron chi connectivity index (χ3n) is 1.52. The first-order valence-electron chi connectivity index (χ1n) is 3.80. The third-order valence-corrected chi connectivity index (χ3v) is 1.64. The minimum absolute atomic E-state index is 0.0824. The Morgan fingerprint density at radius 3 is 2.21 bits per heavy atom. The molecule has 1 aromatic carbocycles.